The fraction of sp³-hybridized carbons (Fsp3) is 0.400. The molecular weight excluding hydrogens is 182 g/mol. The Bertz CT molecular complexity index is 325. The maximum absolute atomic E-state index is 10.5. The van der Waals surface area contributed by atoms with Crippen molar-refractivity contribution in [3.05, 3.63) is 39.9 Å². The first-order chi connectivity index (χ1) is 6.65. The summed E-state index contributed by atoms with van der Waals surface area (Å²) in [6, 6.07) is 6.53. The third-order valence-electron chi connectivity index (χ3n) is 2.21. The molecule has 4 heteroatoms. The molecule has 14 heavy (non-hydrogen) atoms. The number of hydrogen-bond donors (Lipinski definition) is 1. The molecule has 76 valence electrons. The summed E-state index contributed by atoms with van der Waals surface area (Å²) in [5.41, 5.74) is 1.00. The van der Waals surface area contributed by atoms with Gasteiger partial charge in [-0.15, -0.1) is 0 Å². The van der Waals surface area contributed by atoms with Gasteiger partial charge < -0.3 is 5.11 Å². The lowest BCUT2D eigenvalue weighted by Crippen LogP contribution is -1.97. The van der Waals surface area contributed by atoms with Crippen LogP contribution < -0.4 is 0 Å². The molecule has 0 spiro atoms. The van der Waals surface area contributed by atoms with E-state index in [1.165, 1.54) is 6.07 Å². The molecule has 0 saturated heterocycles. The van der Waals surface area contributed by atoms with Crippen LogP contribution in [-0.2, 0) is 0 Å². The molecule has 1 aromatic carbocycles. The van der Waals surface area contributed by atoms with Gasteiger partial charge in [0.15, 0.2) is 0 Å². The highest BCUT2D eigenvalue weighted by Gasteiger charge is 2.09. The van der Waals surface area contributed by atoms with Crippen LogP contribution in [0.25, 0.3) is 0 Å². The Labute approximate surface area is 82.3 Å². The molecule has 0 unspecified atom stereocenters. The van der Waals surface area contributed by atoms with Gasteiger partial charge in [-0.1, -0.05) is 19.1 Å². The number of nitro groups is 1. The molecule has 4 nitrogen and oxygen atoms in total. The predicted octanol–water partition coefficient (Wildman–Crippen LogP) is 2.08. The predicted molar refractivity (Wildman–Crippen MR) is 53.2 cm³/mol. The molecule has 0 bridgehead atoms. The summed E-state index contributed by atoms with van der Waals surface area (Å²) in [6.45, 7) is 2.04. The summed E-state index contributed by atoms with van der Waals surface area (Å²) >= 11 is 0. The third kappa shape index (κ3) is 2.53. The number of hydrogen-bond acceptors (Lipinski definition) is 3. The van der Waals surface area contributed by atoms with Gasteiger partial charge in [0.1, 0.15) is 0 Å². The third-order valence-corrected chi connectivity index (χ3v) is 2.21. The van der Waals surface area contributed by atoms with E-state index in [1.54, 1.807) is 12.1 Å². The van der Waals surface area contributed by atoms with Gasteiger partial charge in [0.05, 0.1) is 4.92 Å². The first kappa shape index (κ1) is 10.7. The maximum Gasteiger partial charge on any atom is 0.269 e. The second kappa shape index (κ2) is 4.72. The first-order valence-corrected chi connectivity index (χ1v) is 4.50. The molecule has 0 aliphatic heterocycles. The second-order valence-electron chi connectivity index (χ2n) is 3.27. The van der Waals surface area contributed by atoms with E-state index < -0.39 is 4.92 Å². The van der Waals surface area contributed by atoms with Gasteiger partial charge in [0.2, 0.25) is 0 Å². The van der Waals surface area contributed by atoms with Gasteiger partial charge in [-0.25, -0.2) is 0 Å². The highest BCUT2D eigenvalue weighted by molar-refractivity contribution is 5.35. The van der Waals surface area contributed by atoms with E-state index in [-0.39, 0.29) is 18.2 Å². The minimum absolute atomic E-state index is 0.101. The highest BCUT2D eigenvalue weighted by Crippen LogP contribution is 2.22. The number of aliphatic hydroxyl groups is 1. The van der Waals surface area contributed by atoms with E-state index in [0.29, 0.717) is 6.42 Å². The SMILES string of the molecule is C[C@H](CCO)c1cccc([N+](=O)[O-])c1. The van der Waals surface area contributed by atoms with Gasteiger partial charge in [-0.2, -0.15) is 0 Å². The lowest BCUT2D eigenvalue weighted by molar-refractivity contribution is -0.384. The van der Waals surface area contributed by atoms with Crippen molar-refractivity contribution in [2.45, 2.75) is 19.3 Å². The van der Waals surface area contributed by atoms with Crippen LogP contribution in [0, 0.1) is 10.1 Å². The van der Waals surface area contributed by atoms with Crippen LogP contribution in [0.4, 0.5) is 5.69 Å². The average Bonchev–Trinajstić information content (AvgIpc) is 2.18. The van der Waals surface area contributed by atoms with Crippen LogP contribution in [-0.4, -0.2) is 16.6 Å². The van der Waals surface area contributed by atoms with Crippen molar-refractivity contribution in [1.82, 2.24) is 0 Å². The van der Waals surface area contributed by atoms with Gasteiger partial charge in [0.25, 0.3) is 5.69 Å². The normalized spacial score (nSPS) is 12.4. The molecule has 1 rings (SSSR count). The van der Waals surface area contributed by atoms with Crippen molar-refractivity contribution >= 4 is 5.69 Å². The number of nitrogens with zero attached hydrogens (tertiary/aromatic N) is 1. The summed E-state index contributed by atoms with van der Waals surface area (Å²) in [5.74, 6) is 0.153. The molecule has 0 fully saturated rings. The van der Waals surface area contributed by atoms with E-state index in [4.69, 9.17) is 5.11 Å². The Morgan fingerprint density at radius 2 is 2.29 bits per heavy atom. The molecule has 0 aliphatic rings. The molecule has 0 aliphatic carbocycles. The largest absolute Gasteiger partial charge is 0.396 e. The Morgan fingerprint density at radius 3 is 2.86 bits per heavy atom. The first-order valence-electron chi connectivity index (χ1n) is 4.50. The zero-order valence-corrected chi connectivity index (χ0v) is 8.01. The minimum Gasteiger partial charge on any atom is -0.396 e. The number of nitro benzene ring substituents is 1. The van der Waals surface area contributed by atoms with Crippen molar-refractivity contribution in [3.63, 3.8) is 0 Å². The number of benzene rings is 1. The van der Waals surface area contributed by atoms with Crippen LogP contribution in [0.2, 0.25) is 0 Å². The van der Waals surface area contributed by atoms with Crippen molar-refractivity contribution < 1.29 is 10.0 Å². The Balaban J connectivity index is 2.87. The summed E-state index contributed by atoms with van der Waals surface area (Å²) in [4.78, 5) is 10.1. The minimum atomic E-state index is -0.408. The molecule has 0 heterocycles. The highest BCUT2D eigenvalue weighted by atomic mass is 16.6. The summed E-state index contributed by atoms with van der Waals surface area (Å²) in [5, 5.41) is 19.2. The number of aliphatic hydroxyl groups excluding tert-OH is 1. The Hall–Kier alpha value is -1.42. The van der Waals surface area contributed by atoms with Crippen molar-refractivity contribution in [3.8, 4) is 0 Å². The van der Waals surface area contributed by atoms with E-state index in [0.717, 1.165) is 5.56 Å². The van der Waals surface area contributed by atoms with Crippen molar-refractivity contribution in [1.29, 1.82) is 0 Å². The van der Waals surface area contributed by atoms with Crippen molar-refractivity contribution in [2.75, 3.05) is 6.61 Å². The lowest BCUT2D eigenvalue weighted by Gasteiger charge is -2.08. The fourth-order valence-electron chi connectivity index (χ4n) is 1.31. The second-order valence-corrected chi connectivity index (χ2v) is 3.27. The standard InChI is InChI=1S/C10H13NO3/c1-8(5-6-12)9-3-2-4-10(7-9)11(13)14/h2-4,7-8,12H,5-6H2,1H3/t8-/m1/s1. The quantitative estimate of drug-likeness (QED) is 0.591. The van der Waals surface area contributed by atoms with E-state index in [2.05, 4.69) is 0 Å². The molecule has 1 N–H and O–H groups in total. The Kier molecular flexibility index (Phi) is 3.59. The topological polar surface area (TPSA) is 63.4 Å². The molecule has 0 amide bonds. The van der Waals surface area contributed by atoms with E-state index in [1.807, 2.05) is 13.0 Å². The van der Waals surface area contributed by atoms with Gasteiger partial charge in [-0.05, 0) is 17.9 Å². The van der Waals surface area contributed by atoms with Crippen LogP contribution >= 0.6 is 0 Å². The summed E-state index contributed by atoms with van der Waals surface area (Å²) in [6.07, 6.45) is 0.626. The van der Waals surface area contributed by atoms with Crippen molar-refractivity contribution in [2.24, 2.45) is 0 Å². The van der Waals surface area contributed by atoms with E-state index >= 15 is 0 Å². The smallest absolute Gasteiger partial charge is 0.269 e. The molecular formula is C10H13NO3. The molecule has 0 radical (unpaired) electrons. The number of non-ortho nitro benzene ring substituents is 1. The van der Waals surface area contributed by atoms with Crippen LogP contribution in [0.15, 0.2) is 24.3 Å². The fourth-order valence-corrected chi connectivity index (χ4v) is 1.31. The zero-order chi connectivity index (χ0) is 10.6. The molecule has 1 aromatic rings. The molecule has 1 atom stereocenters. The number of rotatable bonds is 4. The van der Waals surface area contributed by atoms with Gasteiger partial charge in [-0.3, -0.25) is 10.1 Å². The Morgan fingerprint density at radius 1 is 1.57 bits per heavy atom. The summed E-state index contributed by atoms with van der Waals surface area (Å²) < 4.78 is 0. The zero-order valence-electron chi connectivity index (χ0n) is 8.01. The molecule has 0 aromatic heterocycles. The van der Waals surface area contributed by atoms with E-state index in [9.17, 15) is 10.1 Å². The van der Waals surface area contributed by atoms with Crippen LogP contribution in [0.5, 0.6) is 0 Å². The monoisotopic (exact) mass is 195 g/mol. The van der Waals surface area contributed by atoms with Gasteiger partial charge in [0, 0.05) is 18.7 Å². The van der Waals surface area contributed by atoms with Gasteiger partial charge >= 0.3 is 0 Å². The lowest BCUT2D eigenvalue weighted by atomic mass is 9.98. The summed E-state index contributed by atoms with van der Waals surface area (Å²) in [7, 11) is 0. The molecule has 0 saturated carbocycles. The van der Waals surface area contributed by atoms with Crippen LogP contribution in [0.1, 0.15) is 24.8 Å². The maximum atomic E-state index is 10.5. The average molecular weight is 195 g/mol. The van der Waals surface area contributed by atoms with Crippen LogP contribution in [0.3, 0.4) is 0 Å².